The first-order valence-electron chi connectivity index (χ1n) is 12.5. The van der Waals surface area contributed by atoms with Gasteiger partial charge in [-0.15, -0.1) is 0 Å². The van der Waals surface area contributed by atoms with Crippen molar-refractivity contribution < 1.29 is 42.4 Å². The third kappa shape index (κ3) is 7.70. The van der Waals surface area contributed by atoms with Crippen molar-refractivity contribution in [2.75, 3.05) is 23.8 Å². The Labute approximate surface area is 228 Å². The summed E-state index contributed by atoms with van der Waals surface area (Å²) in [6.07, 6.45) is -2.98. The Morgan fingerprint density at radius 1 is 1.05 bits per heavy atom. The van der Waals surface area contributed by atoms with Crippen LogP contribution in [0.5, 0.6) is 17.2 Å². The summed E-state index contributed by atoms with van der Waals surface area (Å²) < 4.78 is 51.5. The van der Waals surface area contributed by atoms with E-state index in [0.717, 1.165) is 23.3 Å². The van der Waals surface area contributed by atoms with Gasteiger partial charge in [-0.3, -0.25) is 9.59 Å². The van der Waals surface area contributed by atoms with Crippen LogP contribution in [0.25, 0.3) is 0 Å². The fourth-order valence-electron chi connectivity index (χ4n) is 4.29. The summed E-state index contributed by atoms with van der Waals surface area (Å²) in [7, 11) is 0. The number of nitrogens with zero attached hydrogens (tertiary/aromatic N) is 1. The molecule has 2 atom stereocenters. The van der Waals surface area contributed by atoms with Crippen LogP contribution in [0, 0.1) is 5.92 Å². The smallest absolute Gasteiger partial charge is 0.416 e. The first kappa shape index (κ1) is 28.8. The van der Waals surface area contributed by atoms with Crippen molar-refractivity contribution in [3.63, 3.8) is 0 Å². The standard InChI is InChI=1S/C28H28F3N3O6/c1-16(36)33-26-13-24(6-7-32-26)40-23-5-4-17-2-3-18(8-19(17)9-23)27(38)34-21-10-20(28(29,30)31)11-25(12-21)39-15-22(37)14-35/h4-7,9-13,18,22,35,37H,2-3,8,14-15H2,1H3,(H,34,38)(H,32,33,36)/t18?,22-/m1/s1. The van der Waals surface area contributed by atoms with E-state index in [0.29, 0.717) is 36.6 Å². The lowest BCUT2D eigenvalue weighted by molar-refractivity contribution is -0.137. The molecular formula is C28H28F3N3O6. The number of alkyl halides is 3. The maximum atomic E-state index is 13.5. The number of carbonyl (C=O) groups is 2. The van der Waals surface area contributed by atoms with Gasteiger partial charge in [-0.1, -0.05) is 6.07 Å². The van der Waals surface area contributed by atoms with E-state index >= 15 is 0 Å². The van der Waals surface area contributed by atoms with Crippen LogP contribution in [0.4, 0.5) is 24.7 Å². The molecule has 1 aliphatic carbocycles. The minimum atomic E-state index is -4.69. The maximum absolute atomic E-state index is 13.5. The minimum absolute atomic E-state index is 0.0937. The lowest BCUT2D eigenvalue weighted by Crippen LogP contribution is -2.28. The molecule has 1 aromatic heterocycles. The van der Waals surface area contributed by atoms with Gasteiger partial charge in [0.15, 0.2) is 0 Å². The zero-order valence-electron chi connectivity index (χ0n) is 21.5. The number of carbonyl (C=O) groups excluding carboxylic acids is 2. The summed E-state index contributed by atoms with van der Waals surface area (Å²) in [4.78, 5) is 28.4. The number of halogens is 3. The summed E-state index contributed by atoms with van der Waals surface area (Å²) >= 11 is 0. The van der Waals surface area contributed by atoms with Crippen molar-refractivity contribution in [1.82, 2.24) is 4.98 Å². The summed E-state index contributed by atoms with van der Waals surface area (Å²) in [5, 5.41) is 23.5. The second-order valence-corrected chi connectivity index (χ2v) is 9.41. The zero-order chi connectivity index (χ0) is 28.9. The molecule has 4 N–H and O–H groups in total. The van der Waals surface area contributed by atoms with E-state index in [1.807, 2.05) is 12.1 Å². The van der Waals surface area contributed by atoms with E-state index in [2.05, 4.69) is 15.6 Å². The van der Waals surface area contributed by atoms with Crippen LogP contribution in [0.2, 0.25) is 0 Å². The first-order valence-corrected chi connectivity index (χ1v) is 12.5. The Morgan fingerprint density at radius 3 is 2.55 bits per heavy atom. The lowest BCUT2D eigenvalue weighted by atomic mass is 9.83. The molecule has 1 unspecified atom stereocenters. The zero-order valence-corrected chi connectivity index (χ0v) is 21.5. The number of fused-ring (bicyclic) bond motifs is 1. The maximum Gasteiger partial charge on any atom is 0.416 e. The van der Waals surface area contributed by atoms with Crippen molar-refractivity contribution in [1.29, 1.82) is 0 Å². The predicted molar refractivity (Wildman–Crippen MR) is 139 cm³/mol. The molecular weight excluding hydrogens is 531 g/mol. The molecule has 0 saturated carbocycles. The molecule has 1 aliphatic rings. The third-order valence-corrected chi connectivity index (χ3v) is 6.20. The van der Waals surface area contributed by atoms with Crippen molar-refractivity contribution >= 4 is 23.3 Å². The number of pyridine rings is 1. The van der Waals surface area contributed by atoms with Crippen LogP contribution in [-0.4, -0.2) is 46.3 Å². The van der Waals surface area contributed by atoms with Crippen molar-refractivity contribution in [2.45, 2.75) is 38.5 Å². The highest BCUT2D eigenvalue weighted by atomic mass is 19.4. The molecule has 2 aromatic carbocycles. The Balaban J connectivity index is 1.46. The summed E-state index contributed by atoms with van der Waals surface area (Å²) in [5.74, 6) is -0.0880. The molecule has 0 bridgehead atoms. The van der Waals surface area contributed by atoms with Crippen LogP contribution < -0.4 is 20.1 Å². The normalized spacial score (nSPS) is 15.5. The monoisotopic (exact) mass is 559 g/mol. The van der Waals surface area contributed by atoms with Gasteiger partial charge in [0.25, 0.3) is 0 Å². The van der Waals surface area contributed by atoms with Crippen molar-refractivity contribution in [2.24, 2.45) is 5.92 Å². The van der Waals surface area contributed by atoms with E-state index in [1.54, 1.807) is 18.2 Å². The van der Waals surface area contributed by atoms with Gasteiger partial charge in [-0.05, 0) is 60.7 Å². The molecule has 40 heavy (non-hydrogen) atoms. The van der Waals surface area contributed by atoms with Crippen LogP contribution in [0.15, 0.2) is 54.7 Å². The second kappa shape index (κ2) is 12.3. The molecule has 0 radical (unpaired) electrons. The highest BCUT2D eigenvalue weighted by Gasteiger charge is 2.32. The van der Waals surface area contributed by atoms with Gasteiger partial charge in [-0.2, -0.15) is 13.2 Å². The molecule has 1 heterocycles. The number of ether oxygens (including phenoxy) is 2. The number of benzene rings is 2. The third-order valence-electron chi connectivity index (χ3n) is 6.20. The van der Waals surface area contributed by atoms with Crippen LogP contribution in [0.3, 0.4) is 0 Å². The molecule has 4 rings (SSSR count). The van der Waals surface area contributed by atoms with Crippen LogP contribution in [-0.2, 0) is 28.6 Å². The number of rotatable bonds is 9. The largest absolute Gasteiger partial charge is 0.491 e. The number of hydrogen-bond acceptors (Lipinski definition) is 7. The van der Waals surface area contributed by atoms with Crippen LogP contribution >= 0.6 is 0 Å². The number of amides is 2. The van der Waals surface area contributed by atoms with Gasteiger partial charge in [0, 0.05) is 36.9 Å². The molecule has 0 spiro atoms. The molecule has 9 nitrogen and oxygen atoms in total. The Hall–Kier alpha value is -4.16. The second-order valence-electron chi connectivity index (χ2n) is 9.41. The Morgan fingerprint density at radius 2 is 1.82 bits per heavy atom. The average molecular weight is 560 g/mol. The lowest BCUT2D eigenvalue weighted by Gasteiger charge is -2.25. The number of nitrogens with one attached hydrogen (secondary N) is 2. The molecule has 2 amide bonds. The Bertz CT molecular complexity index is 1380. The SMILES string of the molecule is CC(=O)Nc1cc(Oc2ccc3c(c2)CC(C(=O)Nc2cc(OC[C@H](O)CO)cc(C(F)(F)F)c2)CC3)ccn1. The number of aromatic nitrogens is 1. The van der Waals surface area contributed by atoms with Gasteiger partial charge in [-0.25, -0.2) is 4.98 Å². The number of aliphatic hydroxyl groups excluding tert-OH is 2. The average Bonchev–Trinajstić information content (AvgIpc) is 2.90. The van der Waals surface area contributed by atoms with Gasteiger partial charge in [0.2, 0.25) is 11.8 Å². The summed E-state index contributed by atoms with van der Waals surface area (Å²) in [6, 6.07) is 11.6. The van der Waals surface area contributed by atoms with Crippen molar-refractivity contribution in [3.8, 4) is 17.2 Å². The fourth-order valence-corrected chi connectivity index (χ4v) is 4.29. The quantitative estimate of drug-likeness (QED) is 0.307. The van der Waals surface area contributed by atoms with Gasteiger partial charge in [0.05, 0.1) is 12.2 Å². The van der Waals surface area contributed by atoms with E-state index in [4.69, 9.17) is 14.6 Å². The molecule has 0 aliphatic heterocycles. The number of aryl methyl sites for hydroxylation is 1. The number of anilines is 2. The summed E-state index contributed by atoms with van der Waals surface area (Å²) in [6.45, 7) is 0.345. The van der Waals surface area contributed by atoms with Gasteiger partial charge in [0.1, 0.15) is 35.8 Å². The predicted octanol–water partition coefficient (Wildman–Crippen LogP) is 4.33. The van der Waals surface area contributed by atoms with E-state index in [-0.39, 0.29) is 17.3 Å². The molecule has 212 valence electrons. The highest BCUT2D eigenvalue weighted by molar-refractivity contribution is 5.93. The van der Waals surface area contributed by atoms with Crippen molar-refractivity contribution in [3.05, 3.63) is 71.4 Å². The molecule has 0 fully saturated rings. The molecule has 3 aromatic rings. The molecule has 12 heteroatoms. The number of aliphatic hydroxyl groups is 2. The minimum Gasteiger partial charge on any atom is -0.491 e. The number of hydrogen-bond donors (Lipinski definition) is 4. The van der Waals surface area contributed by atoms with E-state index in [9.17, 15) is 27.9 Å². The molecule has 0 saturated heterocycles. The Kier molecular flexibility index (Phi) is 8.90. The fraction of sp³-hybridized carbons (Fsp3) is 0.321. The van der Waals surface area contributed by atoms with Gasteiger partial charge < -0.3 is 30.3 Å². The van der Waals surface area contributed by atoms with E-state index < -0.39 is 42.9 Å². The van der Waals surface area contributed by atoms with E-state index in [1.165, 1.54) is 19.2 Å². The van der Waals surface area contributed by atoms with Gasteiger partial charge >= 0.3 is 6.18 Å². The highest BCUT2D eigenvalue weighted by Crippen LogP contribution is 2.35. The van der Waals surface area contributed by atoms with Crippen LogP contribution in [0.1, 0.15) is 30.0 Å². The topological polar surface area (TPSA) is 130 Å². The summed E-state index contributed by atoms with van der Waals surface area (Å²) in [5.41, 5.74) is 0.810. The first-order chi connectivity index (χ1) is 19.0.